The van der Waals surface area contributed by atoms with E-state index in [2.05, 4.69) is 20.8 Å². The quantitative estimate of drug-likeness (QED) is 0.113. The Morgan fingerprint density at radius 2 is 1.40 bits per heavy atom. The molecule has 5 aliphatic heterocycles. The monoisotopic (exact) mass is 902 g/mol. The molecule has 0 aromatic carbocycles. The molecule has 5 heterocycles. The standard InChI is InChI=1S/C44H70O19/c1-18-30-27(63-44(18)9-4-19(13-45)15-58-44)12-23-21-11-25(47)24-10-20(5-7-42(24,2)22(21)6-8-43(23,30)3)59-40-37(55)34(52)38(62-41-36(54)33(51)32(50)28(14-46)60-41)29(61-40)17-57-39-35(53)31(49)26(48)16-56-39/h18-24,26-41,45-46,48-55H,4-17H2,1-3H3. The molecule has 4 saturated carbocycles. The highest BCUT2D eigenvalue weighted by molar-refractivity contribution is 5.83. The average molecular weight is 903 g/mol. The Morgan fingerprint density at radius 1 is 0.698 bits per heavy atom. The molecule has 10 N–H and O–H groups in total. The van der Waals surface area contributed by atoms with Crippen molar-refractivity contribution in [3.8, 4) is 0 Å². The maximum absolute atomic E-state index is 14.4. The van der Waals surface area contributed by atoms with Gasteiger partial charge in [-0.05, 0) is 79.4 Å². The van der Waals surface area contributed by atoms with Crippen LogP contribution in [0.4, 0.5) is 0 Å². The molecule has 19 heteroatoms. The highest BCUT2D eigenvalue weighted by atomic mass is 16.8. The van der Waals surface area contributed by atoms with E-state index in [1.807, 2.05) is 0 Å². The van der Waals surface area contributed by atoms with Gasteiger partial charge in [0.25, 0.3) is 0 Å². The van der Waals surface area contributed by atoms with Gasteiger partial charge in [0.15, 0.2) is 24.7 Å². The predicted molar refractivity (Wildman–Crippen MR) is 211 cm³/mol. The Kier molecular flexibility index (Phi) is 13.3. The number of hydrogen-bond acceptors (Lipinski definition) is 19. The second-order valence-electron chi connectivity index (χ2n) is 21.0. The molecular formula is C44H70O19. The minimum absolute atomic E-state index is 0.0118. The summed E-state index contributed by atoms with van der Waals surface area (Å²) >= 11 is 0. The van der Waals surface area contributed by atoms with E-state index in [4.69, 9.17) is 37.9 Å². The van der Waals surface area contributed by atoms with Crippen molar-refractivity contribution in [1.29, 1.82) is 0 Å². The van der Waals surface area contributed by atoms with Crippen molar-refractivity contribution in [3.05, 3.63) is 0 Å². The normalized spacial score (nSPS) is 57.0. The highest BCUT2D eigenvalue weighted by Gasteiger charge is 2.70. The SMILES string of the molecule is CC1C2C(CC3C4CC(=O)C5CC(OC6OC(COC7OCC(O)C(O)C7O)C(OC7OC(CO)C(O)C(O)C7O)C(O)C6O)CCC5(C)C4CCC32C)OC12CCC(CO)CO2. The lowest BCUT2D eigenvalue weighted by atomic mass is 9.44. The number of carbonyl (C=O) groups is 1. The molecule has 19 nitrogen and oxygen atoms in total. The van der Waals surface area contributed by atoms with E-state index in [0.29, 0.717) is 50.0 Å². The Balaban J connectivity index is 0.873. The lowest BCUT2D eigenvalue weighted by molar-refractivity contribution is -0.369. The minimum atomic E-state index is -1.85. The average Bonchev–Trinajstić information content (AvgIpc) is 3.71. The van der Waals surface area contributed by atoms with Gasteiger partial charge in [-0.2, -0.15) is 0 Å². The zero-order valence-electron chi connectivity index (χ0n) is 36.3. The van der Waals surface area contributed by atoms with E-state index >= 15 is 0 Å². The zero-order valence-corrected chi connectivity index (χ0v) is 36.3. The van der Waals surface area contributed by atoms with Crippen molar-refractivity contribution >= 4 is 5.78 Å². The molecule has 9 aliphatic rings. The summed E-state index contributed by atoms with van der Waals surface area (Å²) in [5.41, 5.74) is -0.262. The van der Waals surface area contributed by atoms with Crippen LogP contribution in [0.25, 0.3) is 0 Å². The molecule has 63 heavy (non-hydrogen) atoms. The molecule has 0 aromatic rings. The number of aliphatic hydroxyl groups excluding tert-OH is 10. The molecule has 0 amide bonds. The van der Waals surface area contributed by atoms with Gasteiger partial charge < -0.3 is 89.0 Å². The molecular weight excluding hydrogens is 832 g/mol. The van der Waals surface area contributed by atoms with E-state index < -0.39 is 111 Å². The third-order valence-electron chi connectivity index (χ3n) is 17.8. The first-order valence-electron chi connectivity index (χ1n) is 23.3. The van der Waals surface area contributed by atoms with Gasteiger partial charge in [-0.15, -0.1) is 0 Å². The van der Waals surface area contributed by atoms with Gasteiger partial charge in [0, 0.05) is 37.2 Å². The first-order valence-corrected chi connectivity index (χ1v) is 23.3. The second-order valence-corrected chi connectivity index (χ2v) is 21.0. The molecule has 26 atom stereocenters. The number of carbonyl (C=O) groups excluding carboxylic acids is 1. The smallest absolute Gasteiger partial charge is 0.187 e. The van der Waals surface area contributed by atoms with Crippen LogP contribution in [-0.2, 0) is 42.7 Å². The molecule has 4 aliphatic carbocycles. The molecule has 0 radical (unpaired) electrons. The Hall–Kier alpha value is -1.05. The highest BCUT2D eigenvalue weighted by Crippen LogP contribution is 2.71. The van der Waals surface area contributed by atoms with Crippen LogP contribution in [0.2, 0.25) is 0 Å². The number of hydrogen-bond donors (Lipinski definition) is 10. The van der Waals surface area contributed by atoms with Crippen LogP contribution in [0.3, 0.4) is 0 Å². The van der Waals surface area contributed by atoms with Crippen LogP contribution in [0.1, 0.15) is 78.6 Å². The van der Waals surface area contributed by atoms with Gasteiger partial charge in [0.05, 0.1) is 38.6 Å². The molecule has 0 bridgehead atoms. The fourth-order valence-corrected chi connectivity index (χ4v) is 14.2. The van der Waals surface area contributed by atoms with E-state index in [1.165, 1.54) is 0 Å². The molecule has 0 aromatic heterocycles. The summed E-state index contributed by atoms with van der Waals surface area (Å²) in [6.45, 7) is 5.96. The number of ether oxygens (including phenoxy) is 8. The number of rotatable bonds is 9. The van der Waals surface area contributed by atoms with E-state index in [1.54, 1.807) is 0 Å². The van der Waals surface area contributed by atoms with Gasteiger partial charge in [-0.3, -0.25) is 4.79 Å². The number of ketones is 1. The molecule has 5 saturated heterocycles. The van der Waals surface area contributed by atoms with Crippen molar-refractivity contribution in [2.45, 2.75) is 183 Å². The molecule has 1 spiro atoms. The van der Waals surface area contributed by atoms with Crippen LogP contribution in [0.15, 0.2) is 0 Å². The van der Waals surface area contributed by atoms with Crippen molar-refractivity contribution in [2.24, 2.45) is 52.3 Å². The summed E-state index contributed by atoms with van der Waals surface area (Å²) < 4.78 is 48.5. The fraction of sp³-hybridized carbons (Fsp3) is 0.977. The largest absolute Gasteiger partial charge is 0.396 e. The summed E-state index contributed by atoms with van der Waals surface area (Å²) in [6, 6.07) is 0. The lowest BCUT2D eigenvalue weighted by Crippen LogP contribution is -2.65. The van der Waals surface area contributed by atoms with E-state index in [0.717, 1.165) is 32.1 Å². The van der Waals surface area contributed by atoms with Gasteiger partial charge in [0.2, 0.25) is 0 Å². The lowest BCUT2D eigenvalue weighted by Gasteiger charge is -2.60. The molecule has 9 rings (SSSR count). The van der Waals surface area contributed by atoms with Gasteiger partial charge in [-0.25, -0.2) is 0 Å². The first kappa shape index (κ1) is 47.0. The molecule has 360 valence electrons. The fourth-order valence-electron chi connectivity index (χ4n) is 14.2. The minimum Gasteiger partial charge on any atom is -0.396 e. The third-order valence-corrected chi connectivity index (χ3v) is 17.8. The Labute approximate surface area is 366 Å². The van der Waals surface area contributed by atoms with Gasteiger partial charge in [-0.1, -0.05) is 20.8 Å². The van der Waals surface area contributed by atoms with Crippen LogP contribution in [0.5, 0.6) is 0 Å². The van der Waals surface area contributed by atoms with Crippen LogP contribution in [0, 0.1) is 52.3 Å². The Bertz CT molecular complexity index is 1610. The zero-order chi connectivity index (χ0) is 44.9. The number of fused-ring (bicyclic) bond motifs is 7. The second kappa shape index (κ2) is 17.8. The summed E-state index contributed by atoms with van der Waals surface area (Å²) in [7, 11) is 0. The van der Waals surface area contributed by atoms with Crippen LogP contribution in [-0.4, -0.2) is 194 Å². The maximum Gasteiger partial charge on any atom is 0.187 e. The molecule has 9 fully saturated rings. The van der Waals surface area contributed by atoms with E-state index in [-0.39, 0.29) is 59.6 Å². The predicted octanol–water partition coefficient (Wildman–Crippen LogP) is -1.94. The number of aliphatic hydroxyl groups is 10. The van der Waals surface area contributed by atoms with Crippen LogP contribution < -0.4 is 0 Å². The Morgan fingerprint density at radius 3 is 2.11 bits per heavy atom. The summed E-state index contributed by atoms with van der Waals surface area (Å²) in [4.78, 5) is 14.4. The van der Waals surface area contributed by atoms with Gasteiger partial charge in [0.1, 0.15) is 72.9 Å². The third kappa shape index (κ3) is 7.88. The molecule has 26 unspecified atom stereocenters. The summed E-state index contributed by atoms with van der Waals surface area (Å²) in [6.07, 6.45) is -16.1. The van der Waals surface area contributed by atoms with Gasteiger partial charge >= 0.3 is 0 Å². The van der Waals surface area contributed by atoms with Crippen LogP contribution >= 0.6 is 0 Å². The van der Waals surface area contributed by atoms with Crippen molar-refractivity contribution < 1.29 is 93.8 Å². The van der Waals surface area contributed by atoms with Crippen molar-refractivity contribution in [3.63, 3.8) is 0 Å². The first-order chi connectivity index (χ1) is 29.9. The summed E-state index contributed by atoms with van der Waals surface area (Å²) in [5.74, 6) is 0.867. The maximum atomic E-state index is 14.4. The topological polar surface area (TPSA) is 293 Å². The summed E-state index contributed by atoms with van der Waals surface area (Å²) in [5, 5.41) is 105. The van der Waals surface area contributed by atoms with E-state index in [9.17, 15) is 55.9 Å². The number of Topliss-reactive ketones (excluding diaryl/α,β-unsaturated/α-hetero) is 1. The van der Waals surface area contributed by atoms with Crippen molar-refractivity contribution in [1.82, 2.24) is 0 Å². The van der Waals surface area contributed by atoms with Crippen molar-refractivity contribution in [2.75, 3.05) is 33.0 Å².